The SMILES string of the molecule is CC(C)CCN(c1ccc(N)nc1)C1CCCC1. The molecule has 1 fully saturated rings. The molecule has 1 aromatic heterocycles. The first-order valence-corrected chi connectivity index (χ1v) is 7.15. The van der Waals surface area contributed by atoms with E-state index in [9.17, 15) is 0 Å². The Morgan fingerprint density at radius 2 is 2.06 bits per heavy atom. The summed E-state index contributed by atoms with van der Waals surface area (Å²) in [5.41, 5.74) is 6.91. The van der Waals surface area contributed by atoms with Gasteiger partial charge in [0.1, 0.15) is 5.82 Å². The van der Waals surface area contributed by atoms with E-state index in [1.54, 1.807) is 0 Å². The van der Waals surface area contributed by atoms with Crippen molar-refractivity contribution in [2.24, 2.45) is 5.92 Å². The van der Waals surface area contributed by atoms with Gasteiger partial charge < -0.3 is 10.6 Å². The second-order valence-corrected chi connectivity index (χ2v) is 5.76. The van der Waals surface area contributed by atoms with Gasteiger partial charge in [0, 0.05) is 12.6 Å². The molecule has 3 nitrogen and oxygen atoms in total. The molecule has 0 radical (unpaired) electrons. The van der Waals surface area contributed by atoms with Crippen LogP contribution in [0.15, 0.2) is 18.3 Å². The summed E-state index contributed by atoms with van der Waals surface area (Å²) in [7, 11) is 0. The van der Waals surface area contributed by atoms with Crippen molar-refractivity contribution in [2.75, 3.05) is 17.2 Å². The molecule has 0 atom stereocenters. The molecule has 0 spiro atoms. The third-order valence-corrected chi connectivity index (χ3v) is 3.82. The topological polar surface area (TPSA) is 42.1 Å². The van der Waals surface area contributed by atoms with Gasteiger partial charge in [0.15, 0.2) is 0 Å². The van der Waals surface area contributed by atoms with Gasteiger partial charge in [0.05, 0.1) is 11.9 Å². The van der Waals surface area contributed by atoms with Crippen LogP contribution in [-0.2, 0) is 0 Å². The van der Waals surface area contributed by atoms with Crippen LogP contribution in [0, 0.1) is 5.92 Å². The van der Waals surface area contributed by atoms with Gasteiger partial charge in [-0.1, -0.05) is 26.7 Å². The normalized spacial score (nSPS) is 16.4. The Morgan fingerprint density at radius 3 is 2.61 bits per heavy atom. The first-order valence-electron chi connectivity index (χ1n) is 7.15. The number of pyridine rings is 1. The van der Waals surface area contributed by atoms with Gasteiger partial charge in [-0.15, -0.1) is 0 Å². The van der Waals surface area contributed by atoms with E-state index in [2.05, 4.69) is 29.8 Å². The van der Waals surface area contributed by atoms with Gasteiger partial charge in [-0.05, 0) is 37.3 Å². The van der Waals surface area contributed by atoms with E-state index < -0.39 is 0 Å². The van der Waals surface area contributed by atoms with Crippen LogP contribution < -0.4 is 10.6 Å². The summed E-state index contributed by atoms with van der Waals surface area (Å²) in [6.45, 7) is 5.70. The Bertz CT molecular complexity index is 353. The van der Waals surface area contributed by atoms with Crippen molar-refractivity contribution in [3.8, 4) is 0 Å². The molecule has 0 saturated heterocycles. The zero-order valence-electron chi connectivity index (χ0n) is 11.6. The number of hydrogen-bond acceptors (Lipinski definition) is 3. The van der Waals surface area contributed by atoms with Gasteiger partial charge in [0.25, 0.3) is 0 Å². The predicted molar refractivity (Wildman–Crippen MR) is 77.7 cm³/mol. The van der Waals surface area contributed by atoms with Crippen LogP contribution in [0.4, 0.5) is 11.5 Å². The Morgan fingerprint density at radius 1 is 1.33 bits per heavy atom. The zero-order chi connectivity index (χ0) is 13.0. The molecular formula is C15H25N3. The first-order chi connectivity index (χ1) is 8.66. The third-order valence-electron chi connectivity index (χ3n) is 3.82. The molecule has 0 amide bonds. The van der Waals surface area contributed by atoms with Crippen LogP contribution in [0.5, 0.6) is 0 Å². The van der Waals surface area contributed by atoms with E-state index in [1.165, 1.54) is 37.8 Å². The number of nitrogens with zero attached hydrogens (tertiary/aromatic N) is 2. The van der Waals surface area contributed by atoms with Crippen LogP contribution in [0.25, 0.3) is 0 Å². The lowest BCUT2D eigenvalue weighted by atomic mass is 10.1. The Balaban J connectivity index is 2.09. The second-order valence-electron chi connectivity index (χ2n) is 5.76. The summed E-state index contributed by atoms with van der Waals surface area (Å²) in [4.78, 5) is 6.78. The number of rotatable bonds is 5. The second kappa shape index (κ2) is 6.07. The van der Waals surface area contributed by atoms with Gasteiger partial charge >= 0.3 is 0 Å². The highest BCUT2D eigenvalue weighted by atomic mass is 15.2. The van der Waals surface area contributed by atoms with E-state index in [0.29, 0.717) is 11.9 Å². The highest BCUT2D eigenvalue weighted by Crippen LogP contribution is 2.28. The van der Waals surface area contributed by atoms with Crippen LogP contribution in [-0.4, -0.2) is 17.6 Å². The highest BCUT2D eigenvalue weighted by molar-refractivity contribution is 5.49. The lowest BCUT2D eigenvalue weighted by Gasteiger charge is -2.31. The minimum atomic E-state index is 0.606. The van der Waals surface area contributed by atoms with Gasteiger partial charge in [0.2, 0.25) is 0 Å². The van der Waals surface area contributed by atoms with E-state index >= 15 is 0 Å². The van der Waals surface area contributed by atoms with Crippen molar-refractivity contribution in [1.29, 1.82) is 0 Å². The number of nitrogen functional groups attached to an aromatic ring is 1. The van der Waals surface area contributed by atoms with Crippen molar-refractivity contribution >= 4 is 11.5 Å². The fourth-order valence-corrected chi connectivity index (χ4v) is 2.70. The minimum Gasteiger partial charge on any atom is -0.384 e. The zero-order valence-corrected chi connectivity index (χ0v) is 11.6. The van der Waals surface area contributed by atoms with Crippen LogP contribution in [0.1, 0.15) is 46.0 Å². The number of hydrogen-bond donors (Lipinski definition) is 1. The van der Waals surface area contributed by atoms with Crippen LogP contribution in [0.2, 0.25) is 0 Å². The van der Waals surface area contributed by atoms with Crippen molar-refractivity contribution in [3.63, 3.8) is 0 Å². The van der Waals surface area contributed by atoms with E-state index in [0.717, 1.165) is 12.5 Å². The molecule has 18 heavy (non-hydrogen) atoms. The molecule has 100 valence electrons. The first kappa shape index (κ1) is 13.2. The summed E-state index contributed by atoms with van der Waals surface area (Å²) < 4.78 is 0. The molecule has 0 unspecified atom stereocenters. The fourth-order valence-electron chi connectivity index (χ4n) is 2.70. The molecule has 0 bridgehead atoms. The summed E-state index contributed by atoms with van der Waals surface area (Å²) in [6, 6.07) is 4.72. The molecule has 3 heteroatoms. The molecule has 0 aromatic carbocycles. The van der Waals surface area contributed by atoms with Crippen molar-refractivity contribution in [3.05, 3.63) is 18.3 Å². The van der Waals surface area contributed by atoms with Crippen LogP contribution in [0.3, 0.4) is 0 Å². The summed E-state index contributed by atoms with van der Waals surface area (Å²) in [5, 5.41) is 0. The number of aromatic nitrogens is 1. The quantitative estimate of drug-likeness (QED) is 0.866. The van der Waals surface area contributed by atoms with Gasteiger partial charge in [-0.25, -0.2) is 4.98 Å². The summed E-state index contributed by atoms with van der Waals surface area (Å²) in [6.07, 6.45) is 8.54. The number of anilines is 2. The maximum Gasteiger partial charge on any atom is 0.123 e. The molecule has 0 aliphatic heterocycles. The average Bonchev–Trinajstić information content (AvgIpc) is 2.85. The minimum absolute atomic E-state index is 0.606. The van der Waals surface area contributed by atoms with Crippen molar-refractivity contribution < 1.29 is 0 Å². The molecule has 1 aromatic rings. The Kier molecular flexibility index (Phi) is 4.45. The number of nitrogens with two attached hydrogens (primary N) is 1. The Labute approximate surface area is 110 Å². The smallest absolute Gasteiger partial charge is 0.123 e. The molecule has 1 saturated carbocycles. The molecule has 1 aliphatic carbocycles. The maximum atomic E-state index is 5.67. The summed E-state index contributed by atoms with van der Waals surface area (Å²) >= 11 is 0. The van der Waals surface area contributed by atoms with E-state index in [1.807, 2.05) is 12.3 Å². The van der Waals surface area contributed by atoms with Crippen molar-refractivity contribution in [1.82, 2.24) is 4.98 Å². The average molecular weight is 247 g/mol. The molecule has 2 rings (SSSR count). The molecular weight excluding hydrogens is 222 g/mol. The monoisotopic (exact) mass is 247 g/mol. The predicted octanol–water partition coefficient (Wildman–Crippen LogP) is 3.46. The fraction of sp³-hybridized carbons (Fsp3) is 0.667. The van der Waals surface area contributed by atoms with Crippen LogP contribution >= 0.6 is 0 Å². The molecule has 1 aliphatic rings. The molecule has 1 heterocycles. The lowest BCUT2D eigenvalue weighted by molar-refractivity contribution is 0.528. The van der Waals surface area contributed by atoms with E-state index in [4.69, 9.17) is 5.73 Å². The van der Waals surface area contributed by atoms with Gasteiger partial charge in [-0.3, -0.25) is 0 Å². The highest BCUT2D eigenvalue weighted by Gasteiger charge is 2.22. The third kappa shape index (κ3) is 3.37. The molecule has 2 N–H and O–H groups in total. The largest absolute Gasteiger partial charge is 0.384 e. The lowest BCUT2D eigenvalue weighted by Crippen LogP contribution is -2.34. The van der Waals surface area contributed by atoms with Gasteiger partial charge in [-0.2, -0.15) is 0 Å². The standard InChI is InChI=1S/C15H25N3/c1-12(2)9-10-18(13-5-3-4-6-13)14-7-8-15(16)17-11-14/h7-8,11-13H,3-6,9-10H2,1-2H3,(H2,16,17). The summed E-state index contributed by atoms with van der Waals surface area (Å²) in [5.74, 6) is 1.35. The maximum absolute atomic E-state index is 5.67. The Hall–Kier alpha value is -1.25. The van der Waals surface area contributed by atoms with Crippen molar-refractivity contribution in [2.45, 2.75) is 52.0 Å². The van der Waals surface area contributed by atoms with E-state index in [-0.39, 0.29) is 0 Å².